The molecule has 1 N–H and O–H groups in total. The van der Waals surface area contributed by atoms with E-state index in [9.17, 15) is 8.42 Å². The van der Waals surface area contributed by atoms with Gasteiger partial charge >= 0.3 is 10.3 Å². The molecule has 0 spiro atoms. The molecule has 0 atom stereocenters. The Labute approximate surface area is 49.1 Å². The molecule has 0 heterocycles. The Morgan fingerprint density at radius 2 is 2.12 bits per heavy atom. The first-order chi connectivity index (χ1) is 3.62. The van der Waals surface area contributed by atoms with Gasteiger partial charge in [-0.15, -0.1) is 0 Å². The quantitative estimate of drug-likeness (QED) is 0.572. The molecule has 0 aromatic rings. The van der Waals surface area contributed by atoms with Crippen molar-refractivity contribution in [1.29, 1.82) is 0 Å². The number of nitrogens with one attached hydrogen (secondary N) is 1. The molecular formula is C3H9NO3S. The molecule has 0 aliphatic carbocycles. The van der Waals surface area contributed by atoms with E-state index in [1.807, 2.05) is 4.72 Å². The van der Waals surface area contributed by atoms with Gasteiger partial charge < -0.3 is 0 Å². The highest BCUT2D eigenvalue weighted by molar-refractivity contribution is 7.84. The normalized spacial score (nSPS) is 11.8. The van der Waals surface area contributed by atoms with Gasteiger partial charge in [0.15, 0.2) is 0 Å². The number of rotatable bonds is 3. The van der Waals surface area contributed by atoms with Crippen LogP contribution >= 0.6 is 0 Å². The summed E-state index contributed by atoms with van der Waals surface area (Å²) in [5.74, 6) is 0. The third kappa shape index (κ3) is 2.95. The van der Waals surface area contributed by atoms with Crippen molar-refractivity contribution in [3.05, 3.63) is 0 Å². The molecule has 50 valence electrons. The summed E-state index contributed by atoms with van der Waals surface area (Å²) in [6, 6.07) is 0. The first-order valence-electron chi connectivity index (χ1n) is 2.20. The van der Waals surface area contributed by atoms with Crippen molar-refractivity contribution in [3.8, 4) is 0 Å². The Morgan fingerprint density at radius 3 is 2.25 bits per heavy atom. The Balaban J connectivity index is 3.76. The Bertz CT molecular complexity index is 139. The van der Waals surface area contributed by atoms with E-state index in [4.69, 9.17) is 0 Å². The summed E-state index contributed by atoms with van der Waals surface area (Å²) in [4.78, 5) is 0. The molecule has 0 aromatic heterocycles. The molecule has 4 nitrogen and oxygen atoms in total. The fraction of sp³-hybridized carbons (Fsp3) is 1.00. The fourth-order valence-corrected chi connectivity index (χ4v) is 0.642. The summed E-state index contributed by atoms with van der Waals surface area (Å²) in [6.45, 7) is 1.78. The monoisotopic (exact) mass is 139 g/mol. The minimum atomic E-state index is -3.42. The molecule has 0 saturated heterocycles. The molecule has 0 aromatic carbocycles. The third-order valence-corrected chi connectivity index (χ3v) is 1.57. The summed E-state index contributed by atoms with van der Waals surface area (Å²) in [5, 5.41) is 0. The zero-order valence-electron chi connectivity index (χ0n) is 4.84. The largest absolute Gasteiger partial charge is 0.335 e. The van der Waals surface area contributed by atoms with Crippen LogP contribution in [0.25, 0.3) is 0 Å². The lowest BCUT2D eigenvalue weighted by atomic mass is 10.9. The molecule has 0 amide bonds. The van der Waals surface area contributed by atoms with Gasteiger partial charge in [-0.2, -0.15) is 13.1 Å². The zero-order chi connectivity index (χ0) is 6.62. The highest BCUT2D eigenvalue weighted by Crippen LogP contribution is 1.81. The Kier molecular flexibility index (Phi) is 2.96. The first kappa shape index (κ1) is 7.87. The van der Waals surface area contributed by atoms with Crippen LogP contribution in [0.15, 0.2) is 0 Å². The maximum Gasteiger partial charge on any atom is 0.335 e. The van der Waals surface area contributed by atoms with Gasteiger partial charge in [0.2, 0.25) is 0 Å². The maximum absolute atomic E-state index is 10.3. The summed E-state index contributed by atoms with van der Waals surface area (Å²) in [6.07, 6.45) is 0. The van der Waals surface area contributed by atoms with Crippen molar-refractivity contribution < 1.29 is 12.6 Å². The predicted molar refractivity (Wildman–Crippen MR) is 29.6 cm³/mol. The van der Waals surface area contributed by atoms with Gasteiger partial charge in [0.25, 0.3) is 0 Å². The van der Waals surface area contributed by atoms with E-state index in [2.05, 4.69) is 4.18 Å². The molecule has 0 radical (unpaired) electrons. The fourth-order valence-electron chi connectivity index (χ4n) is 0.214. The molecule has 0 saturated carbocycles. The van der Waals surface area contributed by atoms with Gasteiger partial charge in [-0.3, -0.25) is 4.18 Å². The van der Waals surface area contributed by atoms with E-state index in [0.717, 1.165) is 0 Å². The van der Waals surface area contributed by atoms with Crippen LogP contribution in [0, 0.1) is 0 Å². The first-order valence-corrected chi connectivity index (χ1v) is 3.61. The van der Waals surface area contributed by atoms with Crippen LogP contribution in [0.1, 0.15) is 6.92 Å². The minimum absolute atomic E-state index is 0.170. The van der Waals surface area contributed by atoms with Crippen molar-refractivity contribution in [3.63, 3.8) is 0 Å². The van der Waals surface area contributed by atoms with Gasteiger partial charge in [-0.1, -0.05) is 0 Å². The van der Waals surface area contributed by atoms with Crippen molar-refractivity contribution in [2.45, 2.75) is 6.92 Å². The third-order valence-electron chi connectivity index (χ3n) is 0.523. The van der Waals surface area contributed by atoms with E-state index in [1.54, 1.807) is 6.92 Å². The molecule has 0 bridgehead atoms. The second kappa shape index (κ2) is 3.01. The average Bonchev–Trinajstić information content (AvgIpc) is 1.67. The van der Waals surface area contributed by atoms with Crippen LogP contribution in [0.2, 0.25) is 0 Å². The maximum atomic E-state index is 10.3. The predicted octanol–water partition coefficient (Wildman–Crippen LogP) is -0.513. The van der Waals surface area contributed by atoms with E-state index < -0.39 is 10.3 Å². The Hall–Kier alpha value is -0.130. The average molecular weight is 139 g/mol. The topological polar surface area (TPSA) is 55.4 Å². The van der Waals surface area contributed by atoms with Gasteiger partial charge in [-0.05, 0) is 6.92 Å². The number of hydrogen-bond donors (Lipinski definition) is 1. The summed E-state index contributed by atoms with van der Waals surface area (Å²) in [7, 11) is -2.12. The van der Waals surface area contributed by atoms with E-state index in [0.29, 0.717) is 0 Å². The lowest BCUT2D eigenvalue weighted by Crippen LogP contribution is -2.20. The standard InChI is InChI=1S/C3H9NO3S/c1-3-7-8(5,6)4-2/h4H,3H2,1-2H3. The Morgan fingerprint density at radius 1 is 1.62 bits per heavy atom. The van der Waals surface area contributed by atoms with Crippen molar-refractivity contribution in [1.82, 2.24) is 4.72 Å². The molecule has 0 rings (SSSR count). The van der Waals surface area contributed by atoms with Crippen LogP contribution in [0.5, 0.6) is 0 Å². The highest BCUT2D eigenvalue weighted by Gasteiger charge is 2.01. The van der Waals surface area contributed by atoms with E-state index in [1.165, 1.54) is 7.05 Å². The zero-order valence-corrected chi connectivity index (χ0v) is 5.66. The van der Waals surface area contributed by atoms with E-state index >= 15 is 0 Å². The molecule has 8 heavy (non-hydrogen) atoms. The molecule has 0 aliphatic heterocycles. The van der Waals surface area contributed by atoms with Gasteiger partial charge in [0.1, 0.15) is 0 Å². The van der Waals surface area contributed by atoms with Crippen LogP contribution in [-0.4, -0.2) is 22.1 Å². The number of hydrogen-bond acceptors (Lipinski definition) is 3. The lowest BCUT2D eigenvalue weighted by Gasteiger charge is -1.97. The second-order valence-corrected chi connectivity index (χ2v) is 2.62. The smallest absolute Gasteiger partial charge is 0.258 e. The van der Waals surface area contributed by atoms with Gasteiger partial charge in [0, 0.05) is 7.05 Å². The molecule has 0 fully saturated rings. The lowest BCUT2D eigenvalue weighted by molar-refractivity contribution is 0.332. The van der Waals surface area contributed by atoms with Crippen LogP contribution in [0.4, 0.5) is 0 Å². The van der Waals surface area contributed by atoms with Gasteiger partial charge in [-0.25, -0.2) is 0 Å². The SMILES string of the molecule is CCOS(=O)(=O)NC. The van der Waals surface area contributed by atoms with E-state index in [-0.39, 0.29) is 6.61 Å². The minimum Gasteiger partial charge on any atom is -0.258 e. The van der Waals surface area contributed by atoms with Crippen LogP contribution < -0.4 is 4.72 Å². The summed E-state index contributed by atoms with van der Waals surface area (Å²) < 4.78 is 26.8. The molecule has 5 heteroatoms. The van der Waals surface area contributed by atoms with Crippen molar-refractivity contribution in [2.75, 3.05) is 13.7 Å². The van der Waals surface area contributed by atoms with Crippen LogP contribution in [-0.2, 0) is 14.5 Å². The van der Waals surface area contributed by atoms with Crippen LogP contribution in [0.3, 0.4) is 0 Å². The molecule has 0 unspecified atom stereocenters. The molecule has 0 aliphatic rings. The van der Waals surface area contributed by atoms with Gasteiger partial charge in [0.05, 0.1) is 6.61 Å². The second-order valence-electron chi connectivity index (χ2n) is 1.06. The van der Waals surface area contributed by atoms with Crippen molar-refractivity contribution in [2.24, 2.45) is 0 Å². The summed E-state index contributed by atoms with van der Waals surface area (Å²) in [5.41, 5.74) is 0. The highest BCUT2D eigenvalue weighted by atomic mass is 32.2. The van der Waals surface area contributed by atoms with Crippen molar-refractivity contribution >= 4 is 10.3 Å². The summed E-state index contributed by atoms with van der Waals surface area (Å²) >= 11 is 0. The molecular weight excluding hydrogens is 130 g/mol.